The molecule has 0 fully saturated rings. The Morgan fingerprint density at radius 2 is 2.27 bits per heavy atom. The molecule has 1 aromatic heterocycles. The fraction of sp³-hybridized carbons (Fsp3) is 0.412. The van der Waals surface area contributed by atoms with E-state index in [4.69, 9.17) is 5.26 Å². The number of allylic oxidation sites excluding steroid dienone is 2. The van der Waals surface area contributed by atoms with Crippen LogP contribution >= 0.6 is 0 Å². The zero-order chi connectivity index (χ0) is 15.7. The molecule has 1 aliphatic carbocycles. The maximum Gasteiger partial charge on any atom is 0.272 e. The minimum Gasteiger partial charge on any atom is -0.338 e. The van der Waals surface area contributed by atoms with E-state index in [1.54, 1.807) is 12.3 Å². The Kier molecular flexibility index (Phi) is 3.63. The van der Waals surface area contributed by atoms with Gasteiger partial charge in [-0.3, -0.25) is 10.1 Å². The van der Waals surface area contributed by atoms with Crippen molar-refractivity contribution in [2.24, 2.45) is 0 Å². The summed E-state index contributed by atoms with van der Waals surface area (Å²) >= 11 is 0. The van der Waals surface area contributed by atoms with Gasteiger partial charge >= 0.3 is 0 Å². The summed E-state index contributed by atoms with van der Waals surface area (Å²) in [6, 6.07) is 3.80. The van der Waals surface area contributed by atoms with Gasteiger partial charge in [0.25, 0.3) is 5.91 Å². The van der Waals surface area contributed by atoms with Crippen LogP contribution in [0.25, 0.3) is 0 Å². The minimum atomic E-state index is -0.554. The first-order chi connectivity index (χ1) is 10.7. The average molecular weight is 296 g/mol. The largest absolute Gasteiger partial charge is 0.338 e. The number of nitrogens with zero attached hydrogens (tertiary/aromatic N) is 3. The monoisotopic (exact) mass is 296 g/mol. The molecule has 0 radical (unpaired) electrons. The van der Waals surface area contributed by atoms with Crippen molar-refractivity contribution in [2.45, 2.75) is 32.0 Å². The normalized spacial score (nSPS) is 24.0. The van der Waals surface area contributed by atoms with Crippen LogP contribution in [0.3, 0.4) is 0 Å². The Hall–Kier alpha value is -2.32. The van der Waals surface area contributed by atoms with Gasteiger partial charge in [0.2, 0.25) is 0 Å². The second-order valence-corrected chi connectivity index (χ2v) is 5.65. The molecule has 3 rings (SSSR count). The summed E-state index contributed by atoms with van der Waals surface area (Å²) in [5.41, 5.74) is 1.68. The molecule has 5 heteroatoms. The van der Waals surface area contributed by atoms with Gasteiger partial charge in [-0.15, -0.1) is 0 Å². The molecule has 1 amide bonds. The maximum absolute atomic E-state index is 12.9. The minimum absolute atomic E-state index is 0.0375. The Balaban J connectivity index is 2.14. The van der Waals surface area contributed by atoms with Crippen molar-refractivity contribution in [3.8, 4) is 6.07 Å². The lowest BCUT2D eigenvalue weighted by molar-refractivity contribution is 0.0364. The number of carbonyl (C=O) groups excluding carboxylic acids is 1. The highest BCUT2D eigenvalue weighted by Crippen LogP contribution is 2.33. The van der Waals surface area contributed by atoms with Gasteiger partial charge in [0.05, 0.1) is 12.1 Å². The molecule has 1 N–H and O–H groups in total. The molecule has 22 heavy (non-hydrogen) atoms. The highest BCUT2D eigenvalue weighted by atomic mass is 16.2. The number of rotatable bonds is 3. The number of hydrogen-bond donors (Lipinski definition) is 1. The fourth-order valence-corrected chi connectivity index (χ4v) is 3.46. The van der Waals surface area contributed by atoms with Crippen LogP contribution < -0.4 is 5.32 Å². The third kappa shape index (κ3) is 1.99. The molecule has 2 heterocycles. The molecule has 0 saturated heterocycles. The van der Waals surface area contributed by atoms with Gasteiger partial charge in [0, 0.05) is 12.7 Å². The first-order valence-corrected chi connectivity index (χ1v) is 7.64. The van der Waals surface area contributed by atoms with E-state index in [0.717, 1.165) is 18.4 Å². The van der Waals surface area contributed by atoms with Crippen LogP contribution in [0.2, 0.25) is 0 Å². The summed E-state index contributed by atoms with van der Waals surface area (Å²) in [5, 5.41) is 12.5. The van der Waals surface area contributed by atoms with E-state index in [0.29, 0.717) is 24.3 Å². The molecule has 0 saturated carbocycles. The Bertz CT molecular complexity index is 707. The zero-order valence-electron chi connectivity index (χ0n) is 13.0. The first-order valence-electron chi connectivity index (χ1n) is 7.64. The van der Waals surface area contributed by atoms with Gasteiger partial charge in [-0.25, -0.2) is 0 Å². The van der Waals surface area contributed by atoms with Gasteiger partial charge in [-0.05, 0) is 38.5 Å². The van der Waals surface area contributed by atoms with E-state index in [1.807, 2.05) is 23.4 Å². The van der Waals surface area contributed by atoms with E-state index in [1.165, 1.54) is 0 Å². The maximum atomic E-state index is 12.9. The van der Waals surface area contributed by atoms with E-state index in [-0.39, 0.29) is 5.91 Å². The SMILES string of the molecule is CCN1C(=O)c2cc(C#N)cn2CC1(NC)C1=CCCC=C1. The van der Waals surface area contributed by atoms with Gasteiger partial charge in [0.1, 0.15) is 17.4 Å². The lowest BCUT2D eigenvalue weighted by atomic mass is 9.90. The standard InChI is InChI=1S/C17H20N4O/c1-3-21-16(22)15-9-13(10-18)11-20(15)12-17(21,19-2)14-7-5-4-6-8-14/h5,7-9,11,19H,3-4,6,12H2,1-2H3. The third-order valence-corrected chi connectivity index (χ3v) is 4.55. The van der Waals surface area contributed by atoms with Crippen LogP contribution in [0.1, 0.15) is 35.8 Å². The predicted octanol–water partition coefficient (Wildman–Crippen LogP) is 2.03. The first kappa shape index (κ1) is 14.6. The highest BCUT2D eigenvalue weighted by molar-refractivity contribution is 5.95. The van der Waals surface area contributed by atoms with Crippen molar-refractivity contribution >= 4 is 5.91 Å². The lowest BCUT2D eigenvalue weighted by Gasteiger charge is -2.48. The quantitative estimate of drug-likeness (QED) is 0.928. The second kappa shape index (κ2) is 5.47. The van der Waals surface area contributed by atoms with Crippen molar-refractivity contribution in [2.75, 3.05) is 13.6 Å². The summed E-state index contributed by atoms with van der Waals surface area (Å²) < 4.78 is 1.90. The van der Waals surface area contributed by atoms with Crippen LogP contribution in [0.5, 0.6) is 0 Å². The van der Waals surface area contributed by atoms with Crippen molar-refractivity contribution in [1.29, 1.82) is 5.26 Å². The highest BCUT2D eigenvalue weighted by Gasteiger charge is 2.45. The number of hydrogen-bond acceptors (Lipinski definition) is 3. The van der Waals surface area contributed by atoms with E-state index < -0.39 is 5.66 Å². The molecule has 0 spiro atoms. The van der Waals surface area contributed by atoms with Gasteiger partial charge < -0.3 is 9.47 Å². The molecule has 0 aromatic carbocycles. The summed E-state index contributed by atoms with van der Waals surface area (Å²) in [7, 11) is 1.89. The van der Waals surface area contributed by atoms with Crippen LogP contribution in [-0.2, 0) is 6.54 Å². The molecule has 5 nitrogen and oxygen atoms in total. The number of amides is 1. The van der Waals surface area contributed by atoms with Crippen LogP contribution in [-0.4, -0.2) is 34.6 Å². The van der Waals surface area contributed by atoms with Crippen molar-refractivity contribution in [3.05, 3.63) is 47.3 Å². The molecular weight excluding hydrogens is 276 g/mol. The van der Waals surface area contributed by atoms with Crippen LogP contribution in [0, 0.1) is 11.3 Å². The Labute approximate surface area is 130 Å². The van der Waals surface area contributed by atoms with Gasteiger partial charge in [0.15, 0.2) is 0 Å². The van der Waals surface area contributed by atoms with Crippen LogP contribution in [0.4, 0.5) is 0 Å². The van der Waals surface area contributed by atoms with Gasteiger partial charge in [-0.1, -0.05) is 18.2 Å². The molecule has 2 aliphatic rings. The number of carbonyl (C=O) groups is 1. The molecule has 1 aliphatic heterocycles. The molecule has 0 bridgehead atoms. The molecule has 114 valence electrons. The second-order valence-electron chi connectivity index (χ2n) is 5.65. The molecule has 1 atom stereocenters. The fourth-order valence-electron chi connectivity index (χ4n) is 3.46. The molecule has 1 aromatic rings. The predicted molar refractivity (Wildman–Crippen MR) is 84.1 cm³/mol. The molecule has 1 unspecified atom stereocenters. The molecular formula is C17H20N4O. The average Bonchev–Trinajstić information content (AvgIpc) is 2.98. The zero-order valence-corrected chi connectivity index (χ0v) is 13.0. The number of aromatic nitrogens is 1. The lowest BCUT2D eigenvalue weighted by Crippen LogP contribution is -2.65. The summed E-state index contributed by atoms with van der Waals surface area (Å²) in [4.78, 5) is 14.8. The summed E-state index contributed by atoms with van der Waals surface area (Å²) in [5.74, 6) is -0.0375. The summed E-state index contributed by atoms with van der Waals surface area (Å²) in [6.45, 7) is 3.20. The van der Waals surface area contributed by atoms with Crippen molar-refractivity contribution in [3.63, 3.8) is 0 Å². The Morgan fingerprint density at radius 3 is 2.86 bits per heavy atom. The van der Waals surface area contributed by atoms with E-state index in [9.17, 15) is 4.79 Å². The number of nitriles is 1. The van der Waals surface area contributed by atoms with E-state index in [2.05, 4.69) is 29.6 Å². The topological polar surface area (TPSA) is 61.1 Å². The van der Waals surface area contributed by atoms with Crippen molar-refractivity contribution < 1.29 is 4.79 Å². The van der Waals surface area contributed by atoms with E-state index >= 15 is 0 Å². The van der Waals surface area contributed by atoms with Gasteiger partial charge in [-0.2, -0.15) is 5.26 Å². The smallest absolute Gasteiger partial charge is 0.272 e. The van der Waals surface area contributed by atoms with Crippen LogP contribution in [0.15, 0.2) is 36.1 Å². The van der Waals surface area contributed by atoms with Crippen molar-refractivity contribution in [1.82, 2.24) is 14.8 Å². The Morgan fingerprint density at radius 1 is 1.45 bits per heavy atom. The number of fused-ring (bicyclic) bond motifs is 1. The summed E-state index contributed by atoms with van der Waals surface area (Å²) in [6.07, 6.45) is 10.2. The third-order valence-electron chi connectivity index (χ3n) is 4.55. The number of nitrogens with one attached hydrogen (secondary N) is 1. The number of likely N-dealkylation sites (N-methyl/N-ethyl adjacent to an activating group) is 2.